The van der Waals surface area contributed by atoms with Crippen molar-refractivity contribution in [3.05, 3.63) is 42.2 Å². The van der Waals surface area contributed by atoms with E-state index in [4.69, 9.17) is 23.9 Å². The van der Waals surface area contributed by atoms with Crippen LogP contribution in [0.5, 0.6) is 5.75 Å². The predicted molar refractivity (Wildman–Crippen MR) is 147 cm³/mol. The topological polar surface area (TPSA) is 125 Å². The van der Waals surface area contributed by atoms with Crippen molar-refractivity contribution in [2.75, 3.05) is 38.3 Å². The third kappa shape index (κ3) is 6.80. The third-order valence-corrected chi connectivity index (χ3v) is 5.76. The van der Waals surface area contributed by atoms with Crippen molar-refractivity contribution in [1.29, 1.82) is 0 Å². The molecule has 214 valence electrons. The van der Waals surface area contributed by atoms with Crippen LogP contribution in [0.2, 0.25) is 0 Å². The molecular weight excluding hydrogens is 518 g/mol. The highest BCUT2D eigenvalue weighted by molar-refractivity contribution is 5.93. The molecule has 0 atom stereocenters. The SMILES string of the molecule is COC(=O)c1cc2cc(c1)-c1cnn3ccc(nc13)N(C(=O)OC(C)(C)C)CCN(C(=O)OC(C)(C)C)CCO2. The van der Waals surface area contributed by atoms with Gasteiger partial charge >= 0.3 is 18.2 Å². The summed E-state index contributed by atoms with van der Waals surface area (Å²) in [5, 5.41) is 4.39. The highest BCUT2D eigenvalue weighted by Crippen LogP contribution is 2.30. The van der Waals surface area contributed by atoms with Crippen LogP contribution >= 0.6 is 0 Å². The second kappa shape index (κ2) is 11.0. The van der Waals surface area contributed by atoms with Gasteiger partial charge in [0.2, 0.25) is 0 Å². The molecule has 0 saturated heterocycles. The van der Waals surface area contributed by atoms with Gasteiger partial charge in [0, 0.05) is 24.8 Å². The maximum absolute atomic E-state index is 13.4. The maximum atomic E-state index is 13.4. The van der Waals surface area contributed by atoms with Gasteiger partial charge in [-0.25, -0.2) is 23.9 Å². The summed E-state index contributed by atoms with van der Waals surface area (Å²) in [6, 6.07) is 6.65. The summed E-state index contributed by atoms with van der Waals surface area (Å²) < 4.78 is 23.8. The van der Waals surface area contributed by atoms with Gasteiger partial charge in [0.25, 0.3) is 0 Å². The number of aromatic nitrogens is 3. The number of rotatable bonds is 1. The van der Waals surface area contributed by atoms with Crippen molar-refractivity contribution in [1.82, 2.24) is 19.5 Å². The van der Waals surface area contributed by atoms with Crippen LogP contribution < -0.4 is 9.64 Å². The number of hydrogen-bond donors (Lipinski definition) is 0. The minimum Gasteiger partial charge on any atom is -0.492 e. The minimum absolute atomic E-state index is 0.0819. The molecule has 0 spiro atoms. The Morgan fingerprint density at radius 1 is 0.925 bits per heavy atom. The van der Waals surface area contributed by atoms with Gasteiger partial charge in [0.1, 0.15) is 29.4 Å². The van der Waals surface area contributed by atoms with Gasteiger partial charge in [0.15, 0.2) is 5.65 Å². The fraction of sp³-hybridized carbons (Fsp3) is 0.464. The Hall–Kier alpha value is -4.35. The summed E-state index contributed by atoms with van der Waals surface area (Å²) >= 11 is 0. The van der Waals surface area contributed by atoms with Crippen LogP contribution in [0.3, 0.4) is 0 Å². The van der Waals surface area contributed by atoms with Crippen LogP contribution in [0.15, 0.2) is 36.7 Å². The minimum atomic E-state index is -0.758. The molecule has 3 aromatic rings. The molecule has 2 aromatic heterocycles. The molecule has 1 aliphatic rings. The fourth-order valence-electron chi connectivity index (χ4n) is 4.02. The molecule has 0 radical (unpaired) electrons. The Labute approximate surface area is 232 Å². The average molecular weight is 554 g/mol. The summed E-state index contributed by atoms with van der Waals surface area (Å²) in [6.07, 6.45) is 2.13. The van der Waals surface area contributed by atoms with Crippen LogP contribution in [0, 0.1) is 0 Å². The van der Waals surface area contributed by atoms with Crippen molar-refractivity contribution >= 4 is 29.6 Å². The quantitative estimate of drug-likeness (QED) is 0.315. The number of ether oxygens (including phenoxy) is 4. The molecule has 0 N–H and O–H groups in total. The summed E-state index contributed by atoms with van der Waals surface area (Å²) in [4.78, 5) is 46.5. The number of amides is 2. The number of hydrogen-bond acceptors (Lipinski definition) is 9. The van der Waals surface area contributed by atoms with E-state index in [0.29, 0.717) is 28.3 Å². The van der Waals surface area contributed by atoms with E-state index in [0.717, 1.165) is 0 Å². The van der Waals surface area contributed by atoms with Crippen molar-refractivity contribution < 1.29 is 33.3 Å². The molecule has 0 fully saturated rings. The van der Waals surface area contributed by atoms with Crippen molar-refractivity contribution in [3.63, 3.8) is 0 Å². The van der Waals surface area contributed by atoms with Gasteiger partial charge in [-0.3, -0.25) is 4.90 Å². The largest absolute Gasteiger partial charge is 0.492 e. The lowest BCUT2D eigenvalue weighted by Gasteiger charge is -2.31. The lowest BCUT2D eigenvalue weighted by Crippen LogP contribution is -2.46. The first-order valence-electron chi connectivity index (χ1n) is 12.9. The van der Waals surface area contributed by atoms with E-state index in [1.54, 1.807) is 82.7 Å². The molecule has 0 aliphatic carbocycles. The van der Waals surface area contributed by atoms with Gasteiger partial charge < -0.3 is 23.8 Å². The Morgan fingerprint density at radius 3 is 2.30 bits per heavy atom. The standard InChI is InChI=1S/C28H35N5O7/c1-27(2,3)39-25(35)31-10-11-32(26(36)40-28(4,5)6)22-8-9-33-23(30-22)21(17-29-33)18-14-19(24(34)37-7)16-20(15-18)38-13-12-31/h8-9,14-17H,10-13H2,1-7H3. The van der Waals surface area contributed by atoms with E-state index in [1.165, 1.54) is 16.9 Å². The number of carbonyl (C=O) groups is 3. The molecule has 4 rings (SSSR count). The predicted octanol–water partition coefficient (Wildman–Crippen LogP) is 4.55. The zero-order chi connectivity index (χ0) is 29.2. The van der Waals surface area contributed by atoms with Crippen molar-refractivity contribution in [2.45, 2.75) is 52.7 Å². The molecule has 4 bridgehead atoms. The summed E-state index contributed by atoms with van der Waals surface area (Å²) in [7, 11) is 1.30. The molecule has 1 aromatic carbocycles. The Kier molecular flexibility index (Phi) is 7.90. The van der Waals surface area contributed by atoms with Gasteiger partial charge in [-0.15, -0.1) is 0 Å². The second-order valence-corrected chi connectivity index (χ2v) is 11.3. The number of methoxy groups -OCH3 is 1. The number of benzene rings is 1. The van der Waals surface area contributed by atoms with Crippen LogP contribution in [0.4, 0.5) is 15.4 Å². The smallest absolute Gasteiger partial charge is 0.416 e. The second-order valence-electron chi connectivity index (χ2n) is 11.3. The molecule has 2 amide bonds. The molecule has 1 aliphatic heterocycles. The normalized spacial score (nSPS) is 14.4. The average Bonchev–Trinajstić information content (AvgIpc) is 3.28. The lowest BCUT2D eigenvalue weighted by atomic mass is 10.0. The van der Waals surface area contributed by atoms with Crippen LogP contribution in [0.1, 0.15) is 51.9 Å². The highest BCUT2D eigenvalue weighted by Gasteiger charge is 2.28. The number of esters is 1. The number of nitrogens with zero attached hydrogens (tertiary/aromatic N) is 5. The first-order valence-corrected chi connectivity index (χ1v) is 12.9. The summed E-state index contributed by atoms with van der Waals surface area (Å²) in [6.45, 7) is 11.1. The maximum Gasteiger partial charge on any atom is 0.416 e. The third-order valence-electron chi connectivity index (χ3n) is 5.76. The first kappa shape index (κ1) is 28.7. The van der Waals surface area contributed by atoms with Crippen LogP contribution in [0.25, 0.3) is 16.8 Å². The van der Waals surface area contributed by atoms with Gasteiger partial charge in [-0.1, -0.05) is 0 Å². The van der Waals surface area contributed by atoms with E-state index in [9.17, 15) is 14.4 Å². The fourth-order valence-corrected chi connectivity index (χ4v) is 4.02. The summed E-state index contributed by atoms with van der Waals surface area (Å²) in [5.74, 6) is 0.180. The number of anilines is 1. The Morgan fingerprint density at radius 2 is 1.62 bits per heavy atom. The summed E-state index contributed by atoms with van der Waals surface area (Å²) in [5.41, 5.74) is 0.468. The van der Waals surface area contributed by atoms with Gasteiger partial charge in [-0.05, 0) is 71.4 Å². The van der Waals surface area contributed by atoms with E-state index >= 15 is 0 Å². The zero-order valence-electron chi connectivity index (χ0n) is 23.9. The Bertz CT molecular complexity index is 1420. The molecule has 12 nitrogen and oxygen atoms in total. The van der Waals surface area contributed by atoms with E-state index in [-0.39, 0.29) is 31.8 Å². The van der Waals surface area contributed by atoms with Gasteiger partial charge in [0.05, 0.1) is 25.4 Å². The first-order chi connectivity index (χ1) is 18.7. The molecule has 0 unspecified atom stereocenters. The molecule has 12 heteroatoms. The molecule has 0 saturated carbocycles. The molecular formula is C28H35N5O7. The van der Waals surface area contributed by atoms with Crippen molar-refractivity contribution in [3.8, 4) is 16.9 Å². The van der Waals surface area contributed by atoms with Crippen LogP contribution in [-0.2, 0) is 14.2 Å². The van der Waals surface area contributed by atoms with Gasteiger partial charge in [-0.2, -0.15) is 5.10 Å². The van der Waals surface area contributed by atoms with E-state index in [2.05, 4.69) is 5.10 Å². The number of fused-ring (bicyclic) bond motifs is 4. The Balaban J connectivity index is 1.85. The van der Waals surface area contributed by atoms with E-state index < -0.39 is 29.4 Å². The number of carbonyl (C=O) groups excluding carboxylic acids is 3. The lowest BCUT2D eigenvalue weighted by molar-refractivity contribution is 0.0225. The van der Waals surface area contributed by atoms with Crippen molar-refractivity contribution in [2.24, 2.45) is 0 Å². The monoisotopic (exact) mass is 553 g/mol. The van der Waals surface area contributed by atoms with Crippen LogP contribution in [-0.4, -0.2) is 82.2 Å². The zero-order valence-corrected chi connectivity index (χ0v) is 23.9. The highest BCUT2D eigenvalue weighted by atomic mass is 16.6. The van der Waals surface area contributed by atoms with E-state index in [1.807, 2.05) is 0 Å². The molecule has 40 heavy (non-hydrogen) atoms. The molecule has 3 heterocycles.